The number of hydrogen-bond donors (Lipinski definition) is 1. The molecule has 1 aromatic rings. The standard InChI is InChI=1S/C28H58N5O2S2/c1-6-7-8-9-10-11-12-13-14-15-16-17-18-19-22-36-25-28(32-27(2)29-26-30-32)24-31-37(34,35)23-20-21-33(3,4)5/h26,28,31H,6-25H2,1-5H3/q+1. The first-order valence-corrected chi connectivity index (χ1v) is 17.7. The van der Waals surface area contributed by atoms with Gasteiger partial charge in [0, 0.05) is 18.7 Å². The first-order valence-electron chi connectivity index (χ1n) is 14.9. The van der Waals surface area contributed by atoms with Crippen LogP contribution in [0.1, 0.15) is 115 Å². The van der Waals surface area contributed by atoms with Crippen molar-refractivity contribution in [1.82, 2.24) is 19.5 Å². The topological polar surface area (TPSA) is 76.9 Å². The lowest BCUT2D eigenvalue weighted by Crippen LogP contribution is -2.38. The summed E-state index contributed by atoms with van der Waals surface area (Å²) >= 11 is 1.90. The van der Waals surface area contributed by atoms with E-state index >= 15 is 0 Å². The molecule has 0 aromatic carbocycles. The Hall–Kier alpha value is -0.640. The Labute approximate surface area is 233 Å². The second kappa shape index (κ2) is 20.3. The maximum absolute atomic E-state index is 12.5. The molecule has 0 saturated heterocycles. The molecule has 0 aliphatic heterocycles. The summed E-state index contributed by atoms with van der Waals surface area (Å²) in [6.07, 6.45) is 21.5. The Balaban J connectivity index is 2.17. The van der Waals surface area contributed by atoms with Crippen LogP contribution in [-0.4, -0.2) is 79.2 Å². The Kier molecular flexibility index (Phi) is 18.9. The maximum Gasteiger partial charge on any atom is 0.211 e. The largest absolute Gasteiger partial charge is 0.331 e. The fourth-order valence-electron chi connectivity index (χ4n) is 4.52. The van der Waals surface area contributed by atoms with Gasteiger partial charge in [-0.25, -0.2) is 22.8 Å². The average Bonchev–Trinajstić information content (AvgIpc) is 3.25. The lowest BCUT2D eigenvalue weighted by molar-refractivity contribution is -0.870. The van der Waals surface area contributed by atoms with Gasteiger partial charge in [0.15, 0.2) is 0 Å². The molecule has 37 heavy (non-hydrogen) atoms. The summed E-state index contributed by atoms with van der Waals surface area (Å²) in [5.74, 6) is 2.94. The molecule has 7 nitrogen and oxygen atoms in total. The first-order chi connectivity index (χ1) is 17.6. The fourth-order valence-corrected chi connectivity index (χ4v) is 6.73. The Morgan fingerprint density at radius 2 is 1.43 bits per heavy atom. The van der Waals surface area contributed by atoms with Gasteiger partial charge in [-0.3, -0.25) is 0 Å². The van der Waals surface area contributed by atoms with Crippen LogP contribution in [0.4, 0.5) is 0 Å². The van der Waals surface area contributed by atoms with E-state index in [1.165, 1.54) is 89.9 Å². The summed E-state index contributed by atoms with van der Waals surface area (Å²) < 4.78 is 30.5. The number of nitrogens with zero attached hydrogens (tertiary/aromatic N) is 4. The van der Waals surface area contributed by atoms with E-state index in [1.807, 2.05) is 23.4 Å². The zero-order chi connectivity index (χ0) is 27.4. The molecule has 0 aliphatic rings. The van der Waals surface area contributed by atoms with Gasteiger partial charge >= 0.3 is 0 Å². The van der Waals surface area contributed by atoms with Gasteiger partial charge in [-0.1, -0.05) is 90.4 Å². The van der Waals surface area contributed by atoms with Gasteiger partial charge in [0.05, 0.1) is 39.5 Å². The molecule has 1 rings (SSSR count). The molecule has 0 amide bonds. The predicted octanol–water partition coefficient (Wildman–Crippen LogP) is 6.36. The van der Waals surface area contributed by atoms with E-state index in [-0.39, 0.29) is 11.8 Å². The van der Waals surface area contributed by atoms with Gasteiger partial charge in [-0.05, 0) is 19.1 Å². The van der Waals surface area contributed by atoms with Crippen LogP contribution in [0.15, 0.2) is 6.33 Å². The van der Waals surface area contributed by atoms with Crippen molar-refractivity contribution < 1.29 is 12.9 Å². The molecule has 0 saturated carbocycles. The van der Waals surface area contributed by atoms with Crippen LogP contribution in [0.25, 0.3) is 0 Å². The maximum atomic E-state index is 12.5. The van der Waals surface area contributed by atoms with Crippen LogP contribution >= 0.6 is 11.8 Å². The number of thioether (sulfide) groups is 1. The van der Waals surface area contributed by atoms with Gasteiger partial charge in [0.2, 0.25) is 10.0 Å². The lowest BCUT2D eigenvalue weighted by atomic mass is 10.0. The van der Waals surface area contributed by atoms with Crippen LogP contribution in [0.5, 0.6) is 0 Å². The first kappa shape index (κ1) is 34.4. The number of aromatic nitrogens is 3. The van der Waals surface area contributed by atoms with E-state index in [4.69, 9.17) is 0 Å². The second-order valence-electron chi connectivity index (χ2n) is 11.6. The van der Waals surface area contributed by atoms with E-state index < -0.39 is 10.0 Å². The van der Waals surface area contributed by atoms with Crippen molar-refractivity contribution in [3.05, 3.63) is 12.2 Å². The van der Waals surface area contributed by atoms with Crippen molar-refractivity contribution in [3.8, 4) is 0 Å². The van der Waals surface area contributed by atoms with Gasteiger partial charge in [-0.2, -0.15) is 16.9 Å². The second-order valence-corrected chi connectivity index (χ2v) is 14.7. The van der Waals surface area contributed by atoms with E-state index in [1.54, 1.807) is 6.33 Å². The minimum absolute atomic E-state index is 0.0210. The van der Waals surface area contributed by atoms with E-state index in [9.17, 15) is 8.42 Å². The van der Waals surface area contributed by atoms with Crippen LogP contribution in [0, 0.1) is 6.92 Å². The Morgan fingerprint density at radius 1 is 0.892 bits per heavy atom. The highest BCUT2D eigenvalue weighted by Gasteiger charge is 2.19. The molecular weight excluding hydrogens is 502 g/mol. The highest BCUT2D eigenvalue weighted by Crippen LogP contribution is 2.18. The molecule has 0 bridgehead atoms. The number of hydrogen-bond acceptors (Lipinski definition) is 5. The zero-order valence-electron chi connectivity index (χ0n) is 24.7. The number of nitrogens with one attached hydrogen (secondary N) is 1. The van der Waals surface area contributed by atoms with Crippen molar-refractivity contribution in [2.24, 2.45) is 0 Å². The van der Waals surface area contributed by atoms with Crippen LogP contribution in [-0.2, 0) is 10.0 Å². The van der Waals surface area contributed by atoms with Gasteiger partial charge < -0.3 is 4.48 Å². The van der Waals surface area contributed by atoms with E-state index in [2.05, 4.69) is 42.9 Å². The molecule has 9 heteroatoms. The number of unbranched alkanes of at least 4 members (excludes halogenated alkanes) is 13. The molecule has 1 atom stereocenters. The molecule has 0 aliphatic carbocycles. The third-order valence-electron chi connectivity index (χ3n) is 6.83. The summed E-state index contributed by atoms with van der Waals surface area (Å²) in [5, 5.41) is 4.36. The fraction of sp³-hybridized carbons (Fsp3) is 0.929. The smallest absolute Gasteiger partial charge is 0.211 e. The van der Waals surface area contributed by atoms with Crippen molar-refractivity contribution in [2.75, 3.05) is 51.5 Å². The molecule has 0 spiro atoms. The van der Waals surface area contributed by atoms with Gasteiger partial charge in [0.25, 0.3) is 0 Å². The molecule has 0 fully saturated rings. The number of rotatable bonds is 25. The normalized spacial score (nSPS) is 13.3. The summed E-state index contributed by atoms with van der Waals surface area (Å²) in [6.45, 7) is 5.40. The molecule has 1 heterocycles. The summed E-state index contributed by atoms with van der Waals surface area (Å²) in [7, 11) is 2.95. The van der Waals surface area contributed by atoms with Crippen LogP contribution in [0.3, 0.4) is 0 Å². The van der Waals surface area contributed by atoms with E-state index in [0.29, 0.717) is 13.0 Å². The molecular formula is C28H58N5O2S2+. The molecule has 1 unspecified atom stereocenters. The third kappa shape index (κ3) is 19.1. The molecule has 1 N–H and O–H groups in total. The van der Waals surface area contributed by atoms with Crippen LogP contribution in [0.2, 0.25) is 0 Å². The quantitative estimate of drug-likeness (QED) is 0.111. The molecule has 0 radical (unpaired) electrons. The summed E-state index contributed by atoms with van der Waals surface area (Å²) in [6, 6.07) is -0.0210. The number of sulfonamides is 1. The van der Waals surface area contributed by atoms with Crippen molar-refractivity contribution in [2.45, 2.75) is 116 Å². The Bertz CT molecular complexity index is 778. The zero-order valence-corrected chi connectivity index (χ0v) is 26.4. The van der Waals surface area contributed by atoms with Crippen molar-refractivity contribution in [3.63, 3.8) is 0 Å². The highest BCUT2D eigenvalue weighted by molar-refractivity contribution is 7.99. The minimum atomic E-state index is -3.29. The summed E-state index contributed by atoms with van der Waals surface area (Å²) in [4.78, 5) is 4.25. The number of aryl methyl sites for hydroxylation is 1. The van der Waals surface area contributed by atoms with Gasteiger partial charge in [-0.15, -0.1) is 0 Å². The Morgan fingerprint density at radius 3 is 1.92 bits per heavy atom. The summed E-state index contributed by atoms with van der Waals surface area (Å²) in [5.41, 5.74) is 0. The predicted molar refractivity (Wildman–Crippen MR) is 161 cm³/mol. The third-order valence-corrected chi connectivity index (χ3v) is 9.46. The highest BCUT2D eigenvalue weighted by atomic mass is 32.2. The molecule has 218 valence electrons. The molecule has 1 aromatic heterocycles. The monoisotopic (exact) mass is 560 g/mol. The number of quaternary nitrogens is 1. The van der Waals surface area contributed by atoms with Crippen LogP contribution < -0.4 is 4.72 Å². The van der Waals surface area contributed by atoms with E-state index in [0.717, 1.165) is 28.4 Å². The van der Waals surface area contributed by atoms with Gasteiger partial charge in [0.1, 0.15) is 12.2 Å². The van der Waals surface area contributed by atoms with Crippen molar-refractivity contribution >= 4 is 21.8 Å². The average molecular weight is 561 g/mol. The lowest BCUT2D eigenvalue weighted by Gasteiger charge is -2.24. The minimum Gasteiger partial charge on any atom is -0.331 e. The van der Waals surface area contributed by atoms with Crippen molar-refractivity contribution in [1.29, 1.82) is 0 Å². The SMILES string of the molecule is CCCCCCCCCCCCCCCCSCC(CNS(=O)(=O)CCC[N+](C)(C)C)n1ncnc1C.